The molecule has 0 aliphatic rings. The standard InChI is InChI=1S/C17H14BrNO5S/c1-21-12-4-3-10(7-14(12)22-2)16-19-11(9-25-16)8-23-17(20)13-5-6-15(18)24-13/h3-7,9H,8H2,1-2H3. The maximum Gasteiger partial charge on any atom is 0.374 e. The lowest BCUT2D eigenvalue weighted by Crippen LogP contribution is -2.04. The number of halogens is 1. The summed E-state index contributed by atoms with van der Waals surface area (Å²) in [6, 6.07) is 8.76. The van der Waals surface area contributed by atoms with Crippen molar-refractivity contribution in [3.63, 3.8) is 0 Å². The van der Waals surface area contributed by atoms with Gasteiger partial charge in [-0.3, -0.25) is 0 Å². The van der Waals surface area contributed by atoms with Crippen LogP contribution in [0.4, 0.5) is 0 Å². The van der Waals surface area contributed by atoms with Gasteiger partial charge in [0.25, 0.3) is 0 Å². The molecule has 3 aromatic rings. The minimum absolute atomic E-state index is 0.0704. The molecule has 0 unspecified atom stereocenters. The van der Waals surface area contributed by atoms with Gasteiger partial charge in [-0.1, -0.05) is 0 Å². The first kappa shape index (κ1) is 17.5. The number of esters is 1. The summed E-state index contributed by atoms with van der Waals surface area (Å²) < 4.78 is 21.4. The fourth-order valence-corrected chi connectivity index (χ4v) is 3.22. The summed E-state index contributed by atoms with van der Waals surface area (Å²) in [6.07, 6.45) is 0. The van der Waals surface area contributed by atoms with Crippen molar-refractivity contribution < 1.29 is 23.4 Å². The quantitative estimate of drug-likeness (QED) is 0.542. The summed E-state index contributed by atoms with van der Waals surface area (Å²) >= 11 is 4.60. The SMILES string of the molecule is COc1ccc(-c2nc(COC(=O)c3ccc(Br)o3)cs2)cc1OC. The molecule has 0 radical (unpaired) electrons. The molecule has 0 aliphatic heterocycles. The fraction of sp³-hybridized carbons (Fsp3) is 0.176. The largest absolute Gasteiger partial charge is 0.493 e. The van der Waals surface area contributed by atoms with Gasteiger partial charge >= 0.3 is 5.97 Å². The van der Waals surface area contributed by atoms with E-state index in [9.17, 15) is 4.79 Å². The van der Waals surface area contributed by atoms with E-state index in [1.54, 1.807) is 26.4 Å². The Hall–Kier alpha value is -2.32. The first-order valence-electron chi connectivity index (χ1n) is 7.20. The number of aromatic nitrogens is 1. The molecule has 2 aromatic heterocycles. The minimum atomic E-state index is -0.536. The number of rotatable bonds is 6. The van der Waals surface area contributed by atoms with Crippen LogP contribution in [0, 0.1) is 0 Å². The highest BCUT2D eigenvalue weighted by atomic mass is 79.9. The van der Waals surface area contributed by atoms with Crippen molar-refractivity contribution in [1.29, 1.82) is 0 Å². The molecular weight excluding hydrogens is 410 g/mol. The van der Waals surface area contributed by atoms with Crippen LogP contribution in [-0.2, 0) is 11.3 Å². The van der Waals surface area contributed by atoms with E-state index in [1.165, 1.54) is 11.3 Å². The van der Waals surface area contributed by atoms with E-state index in [1.807, 2.05) is 23.6 Å². The number of hydrogen-bond acceptors (Lipinski definition) is 7. The molecular formula is C17H14BrNO5S. The Morgan fingerprint density at radius 2 is 2.00 bits per heavy atom. The van der Waals surface area contributed by atoms with Gasteiger partial charge in [0.1, 0.15) is 11.6 Å². The van der Waals surface area contributed by atoms with Crippen LogP contribution in [-0.4, -0.2) is 25.2 Å². The number of benzene rings is 1. The Morgan fingerprint density at radius 3 is 2.68 bits per heavy atom. The molecule has 2 heterocycles. The molecule has 3 rings (SSSR count). The summed E-state index contributed by atoms with van der Waals surface area (Å²) in [5.41, 5.74) is 1.56. The summed E-state index contributed by atoms with van der Waals surface area (Å²) in [6.45, 7) is 0.0704. The molecule has 0 saturated heterocycles. The first-order chi connectivity index (χ1) is 12.1. The molecule has 25 heavy (non-hydrogen) atoms. The summed E-state index contributed by atoms with van der Waals surface area (Å²) in [7, 11) is 3.17. The van der Waals surface area contributed by atoms with Crippen molar-refractivity contribution in [2.75, 3.05) is 14.2 Å². The summed E-state index contributed by atoms with van der Waals surface area (Å²) in [5, 5.41) is 2.64. The third-order valence-corrected chi connectivity index (χ3v) is 4.67. The number of carbonyl (C=O) groups excluding carboxylic acids is 1. The van der Waals surface area contributed by atoms with E-state index >= 15 is 0 Å². The van der Waals surface area contributed by atoms with E-state index in [0.29, 0.717) is 21.9 Å². The van der Waals surface area contributed by atoms with Gasteiger partial charge < -0.3 is 18.6 Å². The van der Waals surface area contributed by atoms with Crippen LogP contribution in [0.25, 0.3) is 10.6 Å². The predicted octanol–water partition coefficient (Wildman–Crippen LogP) is 4.54. The lowest BCUT2D eigenvalue weighted by molar-refractivity contribution is 0.0430. The van der Waals surface area contributed by atoms with Gasteiger partial charge in [0.15, 0.2) is 16.2 Å². The van der Waals surface area contributed by atoms with Crippen LogP contribution in [0.2, 0.25) is 0 Å². The van der Waals surface area contributed by atoms with Gasteiger partial charge in [0.2, 0.25) is 5.76 Å². The van der Waals surface area contributed by atoms with Gasteiger partial charge in [-0.05, 0) is 46.3 Å². The number of nitrogens with zero attached hydrogens (tertiary/aromatic N) is 1. The van der Waals surface area contributed by atoms with E-state index in [2.05, 4.69) is 20.9 Å². The van der Waals surface area contributed by atoms with Crippen LogP contribution in [0.15, 0.2) is 44.8 Å². The van der Waals surface area contributed by atoms with Crippen molar-refractivity contribution in [1.82, 2.24) is 4.98 Å². The number of thiazole rings is 1. The average Bonchev–Trinajstić information content (AvgIpc) is 3.28. The van der Waals surface area contributed by atoms with Crippen LogP contribution in [0.1, 0.15) is 16.2 Å². The molecule has 0 amide bonds. The molecule has 130 valence electrons. The topological polar surface area (TPSA) is 70.8 Å². The van der Waals surface area contributed by atoms with E-state index in [0.717, 1.165) is 10.6 Å². The molecule has 0 aliphatic carbocycles. The Kier molecular flexibility index (Phi) is 5.40. The Labute approximate surface area is 156 Å². The van der Waals surface area contributed by atoms with E-state index < -0.39 is 5.97 Å². The fourth-order valence-electron chi connectivity index (χ4n) is 2.11. The van der Waals surface area contributed by atoms with Gasteiger partial charge in [0.05, 0.1) is 19.9 Å². The predicted molar refractivity (Wildman–Crippen MR) is 96.2 cm³/mol. The van der Waals surface area contributed by atoms with Gasteiger partial charge in [-0.15, -0.1) is 11.3 Å². The third kappa shape index (κ3) is 4.02. The lowest BCUT2D eigenvalue weighted by Gasteiger charge is -2.08. The molecule has 0 bridgehead atoms. The molecule has 0 fully saturated rings. The highest BCUT2D eigenvalue weighted by Crippen LogP contribution is 2.33. The van der Waals surface area contributed by atoms with Crippen molar-refractivity contribution in [3.05, 3.63) is 51.8 Å². The number of hydrogen-bond donors (Lipinski definition) is 0. The minimum Gasteiger partial charge on any atom is -0.493 e. The number of furan rings is 1. The monoisotopic (exact) mass is 423 g/mol. The maximum absolute atomic E-state index is 11.9. The number of methoxy groups -OCH3 is 2. The van der Waals surface area contributed by atoms with Crippen molar-refractivity contribution >= 4 is 33.2 Å². The Bertz CT molecular complexity index is 889. The second-order valence-corrected chi connectivity index (χ2v) is 6.53. The molecule has 8 heteroatoms. The highest BCUT2D eigenvalue weighted by Gasteiger charge is 2.14. The highest BCUT2D eigenvalue weighted by molar-refractivity contribution is 9.10. The van der Waals surface area contributed by atoms with E-state index in [4.69, 9.17) is 18.6 Å². The van der Waals surface area contributed by atoms with Crippen LogP contribution < -0.4 is 9.47 Å². The maximum atomic E-state index is 11.9. The summed E-state index contributed by atoms with van der Waals surface area (Å²) in [5.74, 6) is 0.890. The lowest BCUT2D eigenvalue weighted by atomic mass is 10.2. The zero-order valence-electron chi connectivity index (χ0n) is 13.4. The summed E-state index contributed by atoms with van der Waals surface area (Å²) in [4.78, 5) is 16.4. The van der Waals surface area contributed by atoms with E-state index in [-0.39, 0.29) is 12.4 Å². The Morgan fingerprint density at radius 1 is 1.20 bits per heavy atom. The van der Waals surface area contributed by atoms with Crippen molar-refractivity contribution in [2.24, 2.45) is 0 Å². The second kappa shape index (κ2) is 7.71. The van der Waals surface area contributed by atoms with Crippen molar-refractivity contribution in [2.45, 2.75) is 6.61 Å². The number of carbonyl (C=O) groups is 1. The molecule has 6 nitrogen and oxygen atoms in total. The first-order valence-corrected chi connectivity index (χ1v) is 8.87. The third-order valence-electron chi connectivity index (χ3n) is 3.31. The molecule has 1 aromatic carbocycles. The van der Waals surface area contributed by atoms with Crippen LogP contribution >= 0.6 is 27.3 Å². The molecule has 0 atom stereocenters. The smallest absolute Gasteiger partial charge is 0.374 e. The van der Waals surface area contributed by atoms with Gasteiger partial charge in [0, 0.05) is 10.9 Å². The molecule has 0 N–H and O–H groups in total. The zero-order valence-corrected chi connectivity index (χ0v) is 15.8. The van der Waals surface area contributed by atoms with Crippen LogP contribution in [0.3, 0.4) is 0 Å². The van der Waals surface area contributed by atoms with Gasteiger partial charge in [-0.2, -0.15) is 0 Å². The second-order valence-electron chi connectivity index (χ2n) is 4.89. The zero-order chi connectivity index (χ0) is 17.8. The van der Waals surface area contributed by atoms with Gasteiger partial charge in [-0.25, -0.2) is 9.78 Å². The van der Waals surface area contributed by atoms with Crippen molar-refractivity contribution in [3.8, 4) is 22.1 Å². The molecule has 0 spiro atoms. The average molecular weight is 424 g/mol. The Balaban J connectivity index is 1.69. The van der Waals surface area contributed by atoms with Crippen LogP contribution in [0.5, 0.6) is 11.5 Å². The number of ether oxygens (including phenoxy) is 3. The molecule has 0 saturated carbocycles. The normalized spacial score (nSPS) is 10.5.